The van der Waals surface area contributed by atoms with Crippen LogP contribution >= 0.6 is 12.2 Å². The van der Waals surface area contributed by atoms with Crippen molar-refractivity contribution in [3.63, 3.8) is 0 Å². The van der Waals surface area contributed by atoms with Gasteiger partial charge in [0.2, 0.25) is 5.91 Å². The third kappa shape index (κ3) is 2.88. The summed E-state index contributed by atoms with van der Waals surface area (Å²) in [5.41, 5.74) is 2.03. The van der Waals surface area contributed by atoms with Crippen LogP contribution in [-0.2, 0) is 11.3 Å². The largest absolute Gasteiger partial charge is 0.343 e. The Morgan fingerprint density at radius 2 is 1.64 bits per heavy atom. The zero-order valence-corrected chi connectivity index (χ0v) is 13.3. The van der Waals surface area contributed by atoms with E-state index in [-0.39, 0.29) is 11.8 Å². The fourth-order valence-corrected chi connectivity index (χ4v) is 3.03. The molecule has 3 nitrogen and oxygen atoms in total. The lowest BCUT2D eigenvalue weighted by Crippen LogP contribution is -2.55. The SMILES string of the molecule is C[C@@H]1CN(Cc2ccccc2)C(=S)N(c2ccccc2)C1=O. The summed E-state index contributed by atoms with van der Waals surface area (Å²) in [5.74, 6) is -0.00358. The Bertz CT molecular complexity index is 672. The van der Waals surface area contributed by atoms with Gasteiger partial charge in [0.15, 0.2) is 5.11 Å². The maximum absolute atomic E-state index is 12.5. The molecule has 22 heavy (non-hydrogen) atoms. The number of hydrogen-bond acceptors (Lipinski definition) is 2. The van der Waals surface area contributed by atoms with E-state index in [4.69, 9.17) is 12.2 Å². The Kier molecular flexibility index (Phi) is 4.20. The molecule has 0 aromatic heterocycles. The molecule has 112 valence electrons. The number of nitrogens with zero attached hydrogens (tertiary/aromatic N) is 2. The second kappa shape index (κ2) is 6.28. The zero-order valence-electron chi connectivity index (χ0n) is 12.5. The topological polar surface area (TPSA) is 23.6 Å². The Labute approximate surface area is 136 Å². The van der Waals surface area contributed by atoms with Crippen molar-refractivity contribution in [2.24, 2.45) is 5.92 Å². The van der Waals surface area contributed by atoms with Gasteiger partial charge in [0.05, 0.1) is 11.6 Å². The molecule has 1 atom stereocenters. The lowest BCUT2D eigenvalue weighted by Gasteiger charge is -2.40. The monoisotopic (exact) mass is 310 g/mol. The minimum atomic E-state index is -0.0735. The molecule has 1 heterocycles. The summed E-state index contributed by atoms with van der Waals surface area (Å²) < 4.78 is 0. The van der Waals surface area contributed by atoms with Crippen LogP contribution in [0.3, 0.4) is 0 Å². The third-order valence-corrected chi connectivity index (χ3v) is 4.27. The number of benzene rings is 2. The van der Waals surface area contributed by atoms with Gasteiger partial charge in [-0.1, -0.05) is 55.5 Å². The normalized spacial score (nSPS) is 18.7. The molecule has 3 rings (SSSR count). The van der Waals surface area contributed by atoms with Gasteiger partial charge in [0.1, 0.15) is 0 Å². The van der Waals surface area contributed by atoms with Gasteiger partial charge in [0.25, 0.3) is 0 Å². The predicted molar refractivity (Wildman–Crippen MR) is 92.5 cm³/mol. The second-order valence-electron chi connectivity index (χ2n) is 5.56. The predicted octanol–water partition coefficient (Wildman–Crippen LogP) is 3.46. The number of amides is 1. The van der Waals surface area contributed by atoms with Crippen molar-refractivity contribution in [2.45, 2.75) is 13.5 Å². The van der Waals surface area contributed by atoms with Gasteiger partial charge in [0, 0.05) is 13.1 Å². The Hall–Kier alpha value is -2.20. The van der Waals surface area contributed by atoms with E-state index in [9.17, 15) is 4.79 Å². The zero-order chi connectivity index (χ0) is 15.5. The fraction of sp³-hybridized carbons (Fsp3) is 0.222. The molecular formula is C18H18N2OS. The molecule has 0 N–H and O–H groups in total. The highest BCUT2D eigenvalue weighted by atomic mass is 32.1. The van der Waals surface area contributed by atoms with Gasteiger partial charge in [-0.05, 0) is 29.9 Å². The maximum atomic E-state index is 12.5. The molecule has 2 aromatic carbocycles. The maximum Gasteiger partial charge on any atom is 0.237 e. The van der Waals surface area contributed by atoms with Gasteiger partial charge < -0.3 is 4.90 Å². The van der Waals surface area contributed by atoms with E-state index in [1.54, 1.807) is 4.90 Å². The van der Waals surface area contributed by atoms with Crippen molar-refractivity contribution >= 4 is 28.9 Å². The first-order valence-corrected chi connectivity index (χ1v) is 7.79. The molecule has 0 saturated carbocycles. The molecule has 1 saturated heterocycles. The van der Waals surface area contributed by atoms with Gasteiger partial charge in [-0.2, -0.15) is 0 Å². The van der Waals surface area contributed by atoms with Crippen LogP contribution in [0.1, 0.15) is 12.5 Å². The summed E-state index contributed by atoms with van der Waals surface area (Å²) in [4.78, 5) is 16.3. The number of carbonyl (C=O) groups is 1. The van der Waals surface area contributed by atoms with Crippen LogP contribution < -0.4 is 4.90 Å². The van der Waals surface area contributed by atoms with Crippen molar-refractivity contribution in [3.05, 3.63) is 66.2 Å². The van der Waals surface area contributed by atoms with Crippen LogP contribution in [0.5, 0.6) is 0 Å². The summed E-state index contributed by atoms with van der Waals surface area (Å²) in [6.45, 7) is 3.34. The number of thiocarbonyl (C=S) groups is 1. The van der Waals surface area contributed by atoms with E-state index < -0.39 is 0 Å². The van der Waals surface area contributed by atoms with E-state index in [2.05, 4.69) is 17.0 Å². The molecule has 2 aromatic rings. The number of anilines is 1. The molecule has 0 aliphatic carbocycles. The first-order valence-electron chi connectivity index (χ1n) is 7.38. The van der Waals surface area contributed by atoms with Crippen LogP contribution in [0.25, 0.3) is 0 Å². The Morgan fingerprint density at radius 1 is 1.05 bits per heavy atom. The summed E-state index contributed by atoms with van der Waals surface area (Å²) in [6, 6.07) is 19.8. The Balaban J connectivity index is 1.87. The van der Waals surface area contributed by atoms with Crippen LogP contribution in [0, 0.1) is 5.92 Å². The Morgan fingerprint density at radius 3 is 2.27 bits per heavy atom. The summed E-state index contributed by atoms with van der Waals surface area (Å²) >= 11 is 5.59. The van der Waals surface area contributed by atoms with Crippen LogP contribution in [-0.4, -0.2) is 22.5 Å². The number of hydrogen-bond donors (Lipinski definition) is 0. The summed E-state index contributed by atoms with van der Waals surface area (Å²) in [7, 11) is 0. The van der Waals surface area contributed by atoms with Crippen molar-refractivity contribution < 1.29 is 4.79 Å². The highest BCUT2D eigenvalue weighted by molar-refractivity contribution is 7.80. The van der Waals surface area contributed by atoms with E-state index in [1.807, 2.05) is 55.5 Å². The van der Waals surface area contributed by atoms with Crippen molar-refractivity contribution in [1.82, 2.24) is 4.90 Å². The standard InChI is InChI=1S/C18H18N2OS/c1-14-12-19(13-15-8-4-2-5-9-15)18(22)20(17(14)21)16-10-6-3-7-11-16/h2-11,14H,12-13H2,1H3/t14-/m1/s1. The van der Waals surface area contributed by atoms with E-state index >= 15 is 0 Å². The van der Waals surface area contributed by atoms with Crippen LogP contribution in [0.2, 0.25) is 0 Å². The van der Waals surface area contributed by atoms with Gasteiger partial charge in [-0.25, -0.2) is 0 Å². The molecule has 0 spiro atoms. The molecule has 1 aliphatic heterocycles. The molecule has 1 fully saturated rings. The number of para-hydroxylation sites is 1. The van der Waals surface area contributed by atoms with Gasteiger partial charge in [-0.15, -0.1) is 0 Å². The van der Waals surface area contributed by atoms with Gasteiger partial charge >= 0.3 is 0 Å². The molecule has 1 aliphatic rings. The van der Waals surface area contributed by atoms with Crippen LogP contribution in [0.4, 0.5) is 5.69 Å². The highest BCUT2D eigenvalue weighted by Crippen LogP contribution is 2.24. The van der Waals surface area contributed by atoms with E-state index in [0.717, 1.165) is 12.2 Å². The molecular weight excluding hydrogens is 292 g/mol. The highest BCUT2D eigenvalue weighted by Gasteiger charge is 2.34. The lowest BCUT2D eigenvalue weighted by atomic mass is 10.1. The third-order valence-electron chi connectivity index (χ3n) is 3.83. The molecule has 0 bridgehead atoms. The van der Waals surface area contributed by atoms with Crippen molar-refractivity contribution in [1.29, 1.82) is 0 Å². The van der Waals surface area contributed by atoms with Crippen LogP contribution in [0.15, 0.2) is 60.7 Å². The number of carbonyl (C=O) groups excluding carboxylic acids is 1. The first-order chi connectivity index (χ1) is 10.7. The summed E-state index contributed by atoms with van der Waals surface area (Å²) in [5, 5.41) is 0.582. The smallest absolute Gasteiger partial charge is 0.237 e. The first kappa shape index (κ1) is 14.7. The molecule has 0 radical (unpaired) electrons. The molecule has 0 unspecified atom stereocenters. The van der Waals surface area contributed by atoms with Gasteiger partial charge in [-0.3, -0.25) is 9.69 Å². The van der Waals surface area contributed by atoms with E-state index in [0.29, 0.717) is 11.7 Å². The summed E-state index contributed by atoms with van der Waals surface area (Å²) in [6.07, 6.45) is 0. The average Bonchev–Trinajstić information content (AvgIpc) is 2.55. The molecule has 4 heteroatoms. The minimum absolute atomic E-state index is 0.0699. The molecule has 1 amide bonds. The second-order valence-corrected chi connectivity index (χ2v) is 5.92. The minimum Gasteiger partial charge on any atom is -0.343 e. The van der Waals surface area contributed by atoms with Crippen molar-refractivity contribution in [2.75, 3.05) is 11.4 Å². The van der Waals surface area contributed by atoms with Crippen molar-refractivity contribution in [3.8, 4) is 0 Å². The lowest BCUT2D eigenvalue weighted by molar-refractivity contribution is -0.122. The average molecular weight is 310 g/mol. The number of rotatable bonds is 3. The fourth-order valence-electron chi connectivity index (χ4n) is 2.69. The van der Waals surface area contributed by atoms with E-state index in [1.165, 1.54) is 5.56 Å². The quantitative estimate of drug-likeness (QED) is 0.811.